The fraction of sp³-hybridized carbons (Fsp3) is 0.800. The van der Waals surface area contributed by atoms with Gasteiger partial charge in [0.1, 0.15) is 0 Å². The lowest BCUT2D eigenvalue weighted by Gasteiger charge is -2.08. The van der Waals surface area contributed by atoms with Gasteiger partial charge in [-0.25, -0.2) is 0 Å². The predicted molar refractivity (Wildman–Crippen MR) is 32.1 cm³/mol. The first-order chi connectivity index (χ1) is 3.85. The maximum atomic E-state index is 8.17. The van der Waals surface area contributed by atoms with Crippen LogP contribution in [0.2, 0.25) is 0 Å². The SMILES string of the molecule is CNC(CC#N)NC. The molecule has 0 saturated heterocycles. The summed E-state index contributed by atoms with van der Waals surface area (Å²) in [6.07, 6.45) is 0.646. The minimum Gasteiger partial charge on any atom is -0.304 e. The van der Waals surface area contributed by atoms with Crippen LogP contribution in [0.3, 0.4) is 0 Å². The highest BCUT2D eigenvalue weighted by atomic mass is 15.1. The van der Waals surface area contributed by atoms with Gasteiger partial charge in [0, 0.05) is 0 Å². The van der Waals surface area contributed by atoms with Gasteiger partial charge in [0.05, 0.1) is 18.7 Å². The molecule has 0 bridgehead atoms. The fourth-order valence-electron chi connectivity index (χ4n) is 0.440. The summed E-state index contributed by atoms with van der Waals surface area (Å²) in [5.41, 5.74) is 0. The third-order valence-electron chi connectivity index (χ3n) is 0.992. The van der Waals surface area contributed by atoms with Gasteiger partial charge < -0.3 is 10.6 Å². The van der Waals surface area contributed by atoms with E-state index in [0.717, 1.165) is 0 Å². The molecule has 3 nitrogen and oxygen atoms in total. The van der Waals surface area contributed by atoms with Crippen molar-refractivity contribution in [1.82, 2.24) is 10.6 Å². The normalized spacial score (nSPS) is 9.25. The fourth-order valence-corrected chi connectivity index (χ4v) is 0.440. The van der Waals surface area contributed by atoms with Crippen LogP contribution < -0.4 is 10.6 Å². The molecule has 0 rings (SSSR count). The first kappa shape index (κ1) is 7.41. The van der Waals surface area contributed by atoms with Gasteiger partial charge in [-0.3, -0.25) is 0 Å². The molecule has 0 aliphatic carbocycles. The first-order valence-corrected chi connectivity index (χ1v) is 2.56. The summed E-state index contributed by atoms with van der Waals surface area (Å²) in [5.74, 6) is 0. The molecule has 0 amide bonds. The van der Waals surface area contributed by atoms with Gasteiger partial charge in [0.25, 0.3) is 0 Å². The summed E-state index contributed by atoms with van der Waals surface area (Å²) in [4.78, 5) is 0. The second-order valence-electron chi connectivity index (χ2n) is 1.49. The van der Waals surface area contributed by atoms with Crippen molar-refractivity contribution in [2.75, 3.05) is 14.1 Å². The van der Waals surface area contributed by atoms with E-state index in [-0.39, 0.29) is 6.17 Å². The number of nitriles is 1. The van der Waals surface area contributed by atoms with E-state index in [4.69, 9.17) is 5.26 Å². The molecular formula is C5H11N3. The Morgan fingerprint density at radius 1 is 1.50 bits per heavy atom. The van der Waals surface area contributed by atoms with Crippen LogP contribution in [-0.4, -0.2) is 20.3 Å². The zero-order valence-electron chi connectivity index (χ0n) is 5.23. The molecule has 3 heteroatoms. The van der Waals surface area contributed by atoms with E-state index in [1.54, 1.807) is 0 Å². The van der Waals surface area contributed by atoms with Crippen LogP contribution in [-0.2, 0) is 0 Å². The second-order valence-corrected chi connectivity index (χ2v) is 1.49. The number of nitrogens with one attached hydrogen (secondary N) is 2. The molecule has 0 heterocycles. The monoisotopic (exact) mass is 113 g/mol. The minimum atomic E-state index is 0.139. The van der Waals surface area contributed by atoms with Crippen molar-refractivity contribution in [3.63, 3.8) is 0 Å². The van der Waals surface area contributed by atoms with E-state index in [1.807, 2.05) is 20.2 Å². The number of rotatable bonds is 3. The molecule has 0 aliphatic heterocycles. The lowest BCUT2D eigenvalue weighted by atomic mass is 10.4. The molecule has 0 aromatic rings. The van der Waals surface area contributed by atoms with E-state index in [0.29, 0.717) is 6.42 Å². The number of hydrogen-bond donors (Lipinski definition) is 2. The van der Waals surface area contributed by atoms with Crippen LogP contribution in [0.15, 0.2) is 0 Å². The van der Waals surface area contributed by atoms with Crippen LogP contribution in [0.1, 0.15) is 6.42 Å². The Morgan fingerprint density at radius 2 is 2.00 bits per heavy atom. The maximum absolute atomic E-state index is 8.17. The third-order valence-corrected chi connectivity index (χ3v) is 0.992. The molecule has 8 heavy (non-hydrogen) atoms. The van der Waals surface area contributed by atoms with Gasteiger partial charge in [-0.2, -0.15) is 5.26 Å². The van der Waals surface area contributed by atoms with Crippen molar-refractivity contribution in [2.24, 2.45) is 0 Å². The summed E-state index contributed by atoms with van der Waals surface area (Å²) >= 11 is 0. The van der Waals surface area contributed by atoms with Crippen LogP contribution in [0.4, 0.5) is 0 Å². The molecule has 0 atom stereocenters. The van der Waals surface area contributed by atoms with Crippen LogP contribution in [0.25, 0.3) is 0 Å². The average molecular weight is 113 g/mol. The van der Waals surface area contributed by atoms with E-state index in [1.165, 1.54) is 0 Å². The van der Waals surface area contributed by atoms with Crippen molar-refractivity contribution >= 4 is 0 Å². The molecule has 0 saturated carbocycles. The summed E-state index contributed by atoms with van der Waals surface area (Å²) in [7, 11) is 3.64. The quantitative estimate of drug-likeness (QED) is 0.492. The molecule has 0 fully saturated rings. The molecule has 46 valence electrons. The van der Waals surface area contributed by atoms with Gasteiger partial charge in [-0.15, -0.1) is 0 Å². The van der Waals surface area contributed by atoms with E-state index < -0.39 is 0 Å². The predicted octanol–water partition coefficient (Wildman–Crippen LogP) is -0.335. The van der Waals surface area contributed by atoms with Crippen LogP contribution in [0, 0.1) is 11.3 Å². The lowest BCUT2D eigenvalue weighted by molar-refractivity contribution is 0.504. The highest BCUT2D eigenvalue weighted by molar-refractivity contribution is 4.76. The van der Waals surface area contributed by atoms with Crippen LogP contribution in [0.5, 0.6) is 0 Å². The number of nitrogens with zero attached hydrogens (tertiary/aromatic N) is 1. The molecular weight excluding hydrogens is 102 g/mol. The van der Waals surface area contributed by atoms with Gasteiger partial charge in [0.2, 0.25) is 0 Å². The average Bonchev–Trinajstić information content (AvgIpc) is 1.83. The molecule has 0 aliphatic rings. The summed E-state index contributed by atoms with van der Waals surface area (Å²) in [5, 5.41) is 14.0. The molecule has 0 aromatic carbocycles. The zero-order valence-corrected chi connectivity index (χ0v) is 5.23. The first-order valence-electron chi connectivity index (χ1n) is 2.56. The summed E-state index contributed by atoms with van der Waals surface area (Å²) < 4.78 is 0. The Balaban J connectivity index is 3.25. The van der Waals surface area contributed by atoms with Crippen molar-refractivity contribution in [3.05, 3.63) is 0 Å². The highest BCUT2D eigenvalue weighted by Crippen LogP contribution is 1.79. The van der Waals surface area contributed by atoms with Crippen molar-refractivity contribution < 1.29 is 0 Å². The van der Waals surface area contributed by atoms with Crippen molar-refractivity contribution in [2.45, 2.75) is 12.6 Å². The van der Waals surface area contributed by atoms with Gasteiger partial charge in [-0.05, 0) is 14.1 Å². The van der Waals surface area contributed by atoms with Crippen LogP contribution >= 0.6 is 0 Å². The van der Waals surface area contributed by atoms with E-state index in [9.17, 15) is 0 Å². The smallest absolute Gasteiger partial charge is 0.0700 e. The molecule has 0 unspecified atom stereocenters. The zero-order chi connectivity index (χ0) is 6.41. The Labute approximate surface area is 49.7 Å². The topological polar surface area (TPSA) is 47.9 Å². The van der Waals surface area contributed by atoms with Crippen molar-refractivity contribution in [1.29, 1.82) is 5.26 Å². The highest BCUT2D eigenvalue weighted by Gasteiger charge is 1.96. The van der Waals surface area contributed by atoms with Crippen molar-refractivity contribution in [3.8, 4) is 6.07 Å². The molecule has 0 spiro atoms. The van der Waals surface area contributed by atoms with Gasteiger partial charge >= 0.3 is 0 Å². The van der Waals surface area contributed by atoms with Gasteiger partial charge in [-0.1, -0.05) is 0 Å². The minimum absolute atomic E-state index is 0.139. The standard InChI is InChI=1S/C5H11N3/c1-7-5(8-2)3-4-6/h5,7-8H,3H2,1-2H3. The molecule has 0 aromatic heterocycles. The second kappa shape index (κ2) is 4.57. The van der Waals surface area contributed by atoms with E-state index in [2.05, 4.69) is 10.6 Å². The Kier molecular flexibility index (Phi) is 4.23. The van der Waals surface area contributed by atoms with E-state index >= 15 is 0 Å². The largest absolute Gasteiger partial charge is 0.304 e. The third kappa shape index (κ3) is 2.56. The van der Waals surface area contributed by atoms with Gasteiger partial charge in [0.15, 0.2) is 0 Å². The molecule has 2 N–H and O–H groups in total. The number of hydrogen-bond acceptors (Lipinski definition) is 3. The summed E-state index contributed by atoms with van der Waals surface area (Å²) in [6, 6.07) is 2.04. The lowest BCUT2D eigenvalue weighted by Crippen LogP contribution is -2.36. The maximum Gasteiger partial charge on any atom is 0.0700 e. The Hall–Kier alpha value is -0.590. The summed E-state index contributed by atoms with van der Waals surface area (Å²) in [6.45, 7) is 0. The molecule has 0 radical (unpaired) electrons. The Morgan fingerprint density at radius 3 is 2.12 bits per heavy atom. The Bertz CT molecular complexity index is 80.2.